The summed E-state index contributed by atoms with van der Waals surface area (Å²) in [4.78, 5) is 46.7. The standard InChI is InChI=1S/C22H17FN4O3S/c1-26-19-17(21(29)27(2)22(26)30)20(31-12-16(28)13-7-4-3-5-8-13)25-18(24-19)14-9-6-10-15(23)11-14/h3-11H,12H2,1-2H3. The van der Waals surface area contributed by atoms with Gasteiger partial charge in [-0.1, -0.05) is 54.2 Å². The number of rotatable bonds is 5. The van der Waals surface area contributed by atoms with Crippen molar-refractivity contribution in [1.82, 2.24) is 19.1 Å². The minimum atomic E-state index is -0.557. The van der Waals surface area contributed by atoms with Gasteiger partial charge in [0.1, 0.15) is 16.2 Å². The Kier molecular flexibility index (Phi) is 5.51. The molecule has 2 aromatic carbocycles. The van der Waals surface area contributed by atoms with E-state index in [0.717, 1.165) is 16.3 Å². The molecule has 0 bridgehead atoms. The second kappa shape index (κ2) is 8.27. The van der Waals surface area contributed by atoms with E-state index in [1.165, 1.54) is 36.9 Å². The highest BCUT2D eigenvalue weighted by Gasteiger charge is 2.19. The van der Waals surface area contributed by atoms with Crippen LogP contribution in [0.3, 0.4) is 0 Å². The number of hydrogen-bond acceptors (Lipinski definition) is 6. The number of hydrogen-bond donors (Lipinski definition) is 0. The first-order chi connectivity index (χ1) is 14.9. The second-order valence-corrected chi connectivity index (χ2v) is 7.81. The molecular weight excluding hydrogens is 419 g/mol. The van der Waals surface area contributed by atoms with Gasteiger partial charge >= 0.3 is 5.69 Å². The van der Waals surface area contributed by atoms with Gasteiger partial charge in [0.05, 0.1) is 5.75 Å². The molecule has 9 heteroatoms. The molecule has 2 aromatic heterocycles. The van der Waals surface area contributed by atoms with E-state index in [2.05, 4.69) is 9.97 Å². The average Bonchev–Trinajstić information content (AvgIpc) is 2.79. The maximum atomic E-state index is 13.8. The fraction of sp³-hybridized carbons (Fsp3) is 0.136. The Balaban J connectivity index is 1.88. The third kappa shape index (κ3) is 3.91. The number of nitrogens with zero attached hydrogens (tertiary/aromatic N) is 4. The predicted octanol–water partition coefficient (Wildman–Crippen LogP) is 2.81. The van der Waals surface area contributed by atoms with Gasteiger partial charge in [-0.05, 0) is 12.1 Å². The summed E-state index contributed by atoms with van der Waals surface area (Å²) in [7, 11) is 2.87. The molecule has 0 spiro atoms. The van der Waals surface area contributed by atoms with E-state index >= 15 is 0 Å². The van der Waals surface area contributed by atoms with Crippen LogP contribution < -0.4 is 11.2 Å². The van der Waals surface area contributed by atoms with Gasteiger partial charge in [-0.25, -0.2) is 19.2 Å². The summed E-state index contributed by atoms with van der Waals surface area (Å²) in [6.45, 7) is 0. The smallest absolute Gasteiger partial charge is 0.293 e. The molecule has 0 amide bonds. The fourth-order valence-corrected chi connectivity index (χ4v) is 4.04. The molecule has 0 fully saturated rings. The van der Waals surface area contributed by atoms with E-state index < -0.39 is 17.1 Å². The quantitative estimate of drug-likeness (QED) is 0.272. The first-order valence-electron chi connectivity index (χ1n) is 9.31. The monoisotopic (exact) mass is 436 g/mol. The molecule has 0 aliphatic heterocycles. The van der Waals surface area contributed by atoms with Gasteiger partial charge in [-0.2, -0.15) is 0 Å². The van der Waals surface area contributed by atoms with Crippen molar-refractivity contribution in [3.8, 4) is 11.4 Å². The van der Waals surface area contributed by atoms with Crippen LogP contribution in [-0.4, -0.2) is 30.6 Å². The molecule has 0 N–H and O–H groups in total. The van der Waals surface area contributed by atoms with Crippen molar-refractivity contribution in [2.24, 2.45) is 14.1 Å². The average molecular weight is 436 g/mol. The molecule has 0 saturated carbocycles. The third-order valence-corrected chi connectivity index (χ3v) is 5.76. The largest absolute Gasteiger partial charge is 0.332 e. The van der Waals surface area contributed by atoms with Crippen molar-refractivity contribution in [3.63, 3.8) is 0 Å². The highest BCUT2D eigenvalue weighted by Crippen LogP contribution is 2.27. The van der Waals surface area contributed by atoms with E-state index in [0.29, 0.717) is 11.1 Å². The highest BCUT2D eigenvalue weighted by atomic mass is 32.2. The molecule has 0 unspecified atom stereocenters. The lowest BCUT2D eigenvalue weighted by atomic mass is 10.2. The Bertz CT molecular complexity index is 1430. The Labute approximate surface area is 180 Å². The summed E-state index contributed by atoms with van der Waals surface area (Å²) in [5, 5.41) is 0.389. The van der Waals surface area contributed by atoms with Crippen LogP contribution in [0, 0.1) is 5.82 Å². The third-order valence-electron chi connectivity index (χ3n) is 4.79. The Hall–Kier alpha value is -3.59. The maximum Gasteiger partial charge on any atom is 0.332 e. The zero-order valence-electron chi connectivity index (χ0n) is 16.7. The molecule has 0 atom stereocenters. The van der Waals surface area contributed by atoms with Crippen molar-refractivity contribution in [3.05, 3.63) is 86.8 Å². The van der Waals surface area contributed by atoms with Crippen LogP contribution in [0.15, 0.2) is 69.2 Å². The summed E-state index contributed by atoms with van der Waals surface area (Å²) < 4.78 is 16.0. The predicted molar refractivity (Wildman–Crippen MR) is 117 cm³/mol. The lowest BCUT2D eigenvalue weighted by molar-refractivity contribution is 0.102. The number of fused-ring (bicyclic) bond motifs is 1. The lowest BCUT2D eigenvalue weighted by Crippen LogP contribution is -2.37. The zero-order chi connectivity index (χ0) is 22.1. The van der Waals surface area contributed by atoms with E-state index in [-0.39, 0.29) is 33.4 Å². The van der Waals surface area contributed by atoms with Crippen LogP contribution in [-0.2, 0) is 14.1 Å². The van der Waals surface area contributed by atoms with Crippen molar-refractivity contribution in [2.75, 3.05) is 5.75 Å². The molecule has 31 heavy (non-hydrogen) atoms. The molecule has 0 saturated heterocycles. The molecule has 156 valence electrons. The maximum absolute atomic E-state index is 13.8. The summed E-state index contributed by atoms with van der Waals surface area (Å²) in [5.41, 5.74) is -0.0430. The van der Waals surface area contributed by atoms with E-state index in [1.807, 2.05) is 6.07 Å². The Morgan fingerprint density at radius 1 is 1.00 bits per heavy atom. The molecule has 2 heterocycles. The van der Waals surface area contributed by atoms with Crippen LogP contribution in [0.5, 0.6) is 0 Å². The second-order valence-electron chi connectivity index (χ2n) is 6.84. The van der Waals surface area contributed by atoms with Gasteiger partial charge in [0.2, 0.25) is 0 Å². The molecule has 0 aliphatic carbocycles. The van der Waals surface area contributed by atoms with Crippen molar-refractivity contribution < 1.29 is 9.18 Å². The van der Waals surface area contributed by atoms with Crippen LogP contribution in [0.2, 0.25) is 0 Å². The summed E-state index contributed by atoms with van der Waals surface area (Å²) in [5.74, 6) is -0.409. The van der Waals surface area contributed by atoms with Crippen LogP contribution in [0.25, 0.3) is 22.4 Å². The Morgan fingerprint density at radius 2 is 1.74 bits per heavy atom. The number of carbonyl (C=O) groups is 1. The lowest BCUT2D eigenvalue weighted by Gasteiger charge is -2.12. The van der Waals surface area contributed by atoms with E-state index in [9.17, 15) is 18.8 Å². The number of Topliss-reactive ketones (excluding diaryl/α,β-unsaturated/α-hetero) is 1. The van der Waals surface area contributed by atoms with Crippen LogP contribution in [0.1, 0.15) is 10.4 Å². The minimum Gasteiger partial charge on any atom is -0.293 e. The molecule has 4 aromatic rings. The fourth-order valence-electron chi connectivity index (χ4n) is 3.13. The normalized spacial score (nSPS) is 11.1. The van der Waals surface area contributed by atoms with Gasteiger partial charge in [-0.3, -0.25) is 18.7 Å². The van der Waals surface area contributed by atoms with E-state index in [4.69, 9.17) is 0 Å². The number of carbonyl (C=O) groups excluding carboxylic acids is 1. The number of benzene rings is 2. The molecule has 7 nitrogen and oxygen atoms in total. The van der Waals surface area contributed by atoms with Gasteiger partial charge in [-0.15, -0.1) is 0 Å². The van der Waals surface area contributed by atoms with Crippen LogP contribution in [0.4, 0.5) is 4.39 Å². The summed E-state index contributed by atoms with van der Waals surface area (Å²) in [6.07, 6.45) is 0. The van der Waals surface area contributed by atoms with Gasteiger partial charge in [0, 0.05) is 25.2 Å². The number of halogens is 1. The number of aryl methyl sites for hydroxylation is 1. The van der Waals surface area contributed by atoms with Crippen molar-refractivity contribution in [1.29, 1.82) is 0 Å². The molecule has 0 aliphatic rings. The molecule has 4 rings (SSSR count). The summed E-state index contributed by atoms with van der Waals surface area (Å²) in [6, 6.07) is 14.5. The number of aromatic nitrogens is 4. The first kappa shape index (κ1) is 20.7. The van der Waals surface area contributed by atoms with Crippen LogP contribution >= 0.6 is 11.8 Å². The first-order valence-corrected chi connectivity index (χ1v) is 10.3. The number of ketones is 1. The summed E-state index contributed by atoms with van der Waals surface area (Å²) >= 11 is 1.08. The topological polar surface area (TPSA) is 86.8 Å². The molecular formula is C22H17FN4O3S. The van der Waals surface area contributed by atoms with Gasteiger partial charge in [0.25, 0.3) is 5.56 Å². The Morgan fingerprint density at radius 3 is 2.45 bits per heavy atom. The minimum absolute atomic E-state index is 0.0325. The zero-order valence-corrected chi connectivity index (χ0v) is 17.5. The SMILES string of the molecule is Cn1c(=O)c2c(SCC(=O)c3ccccc3)nc(-c3cccc(F)c3)nc2n(C)c1=O. The molecule has 0 radical (unpaired) electrons. The van der Waals surface area contributed by atoms with Crippen molar-refractivity contribution in [2.45, 2.75) is 5.03 Å². The van der Waals surface area contributed by atoms with Gasteiger partial charge in [0.15, 0.2) is 17.3 Å². The van der Waals surface area contributed by atoms with E-state index in [1.54, 1.807) is 30.3 Å². The van der Waals surface area contributed by atoms with Gasteiger partial charge < -0.3 is 0 Å². The van der Waals surface area contributed by atoms with Crippen molar-refractivity contribution >= 4 is 28.6 Å². The highest BCUT2D eigenvalue weighted by molar-refractivity contribution is 8.00. The number of thioether (sulfide) groups is 1.